The zero-order valence-corrected chi connectivity index (χ0v) is 13.9. The van der Waals surface area contributed by atoms with Crippen LogP contribution in [-0.2, 0) is 6.54 Å². The quantitative estimate of drug-likeness (QED) is 0.938. The second-order valence-corrected chi connectivity index (χ2v) is 6.90. The van der Waals surface area contributed by atoms with Crippen molar-refractivity contribution in [3.8, 4) is 17.0 Å². The fourth-order valence-corrected chi connectivity index (χ4v) is 3.99. The molecule has 1 aromatic heterocycles. The molecule has 1 fully saturated rings. The first kappa shape index (κ1) is 15.3. The number of aromatic nitrogens is 1. The predicted octanol–water partition coefficient (Wildman–Crippen LogP) is 3.49. The summed E-state index contributed by atoms with van der Waals surface area (Å²) >= 11 is 1.32. The normalized spacial score (nSPS) is 19.3. The van der Waals surface area contributed by atoms with Gasteiger partial charge in [0.15, 0.2) is 0 Å². The van der Waals surface area contributed by atoms with Crippen molar-refractivity contribution >= 4 is 11.3 Å². The van der Waals surface area contributed by atoms with Gasteiger partial charge in [-0.15, -0.1) is 0 Å². The van der Waals surface area contributed by atoms with Gasteiger partial charge in [0, 0.05) is 23.0 Å². The Morgan fingerprint density at radius 2 is 2.18 bits per heavy atom. The standard InChI is InChI=1S/C17H22N2O2S/c1-12-7-5-6-10-19(12)11-15-16(18-17(20)22-15)13-8-3-4-9-14(13)21-2/h3-4,8-9,12H,5-7,10-11H2,1-2H3,(H,18,20). The number of likely N-dealkylation sites (tertiary alicyclic amines) is 1. The zero-order valence-electron chi connectivity index (χ0n) is 13.1. The SMILES string of the molecule is COc1ccccc1-c1[nH]c(=O)sc1CN1CCCCC1C. The summed E-state index contributed by atoms with van der Waals surface area (Å²) in [4.78, 5) is 18.5. The number of thiazole rings is 1. The number of ether oxygens (including phenoxy) is 1. The van der Waals surface area contributed by atoms with Crippen molar-refractivity contribution in [2.45, 2.75) is 38.8 Å². The van der Waals surface area contributed by atoms with Gasteiger partial charge in [-0.3, -0.25) is 9.69 Å². The Kier molecular flexibility index (Phi) is 4.64. The number of para-hydroxylation sites is 1. The number of hydrogen-bond acceptors (Lipinski definition) is 4. The predicted molar refractivity (Wildman–Crippen MR) is 90.7 cm³/mol. The van der Waals surface area contributed by atoms with Gasteiger partial charge in [-0.25, -0.2) is 0 Å². The van der Waals surface area contributed by atoms with E-state index >= 15 is 0 Å². The number of methoxy groups -OCH3 is 1. The second-order valence-electron chi connectivity index (χ2n) is 5.83. The van der Waals surface area contributed by atoms with Crippen LogP contribution in [-0.4, -0.2) is 29.6 Å². The summed E-state index contributed by atoms with van der Waals surface area (Å²) in [6.45, 7) is 4.22. The highest BCUT2D eigenvalue weighted by atomic mass is 32.1. The largest absolute Gasteiger partial charge is 0.496 e. The van der Waals surface area contributed by atoms with Gasteiger partial charge in [-0.1, -0.05) is 29.9 Å². The molecule has 5 heteroatoms. The maximum Gasteiger partial charge on any atom is 0.305 e. The third kappa shape index (κ3) is 3.10. The Hall–Kier alpha value is -1.59. The lowest BCUT2D eigenvalue weighted by atomic mass is 10.0. The Balaban J connectivity index is 1.94. The molecular weight excluding hydrogens is 296 g/mol. The fraction of sp³-hybridized carbons (Fsp3) is 0.471. The summed E-state index contributed by atoms with van der Waals surface area (Å²) in [5, 5.41) is 0. The highest BCUT2D eigenvalue weighted by molar-refractivity contribution is 7.09. The van der Waals surface area contributed by atoms with Crippen LogP contribution in [0.1, 0.15) is 31.1 Å². The first-order valence-electron chi connectivity index (χ1n) is 7.78. The molecule has 0 bridgehead atoms. The van der Waals surface area contributed by atoms with Crippen molar-refractivity contribution in [1.29, 1.82) is 0 Å². The highest BCUT2D eigenvalue weighted by Crippen LogP contribution is 2.33. The minimum atomic E-state index is 0.000527. The summed E-state index contributed by atoms with van der Waals surface area (Å²) in [6, 6.07) is 8.43. The number of piperidine rings is 1. The molecule has 0 saturated carbocycles. The van der Waals surface area contributed by atoms with Crippen LogP contribution in [0.15, 0.2) is 29.1 Å². The number of aromatic amines is 1. The molecule has 1 N–H and O–H groups in total. The van der Waals surface area contributed by atoms with Gasteiger partial charge >= 0.3 is 4.87 Å². The summed E-state index contributed by atoms with van der Waals surface area (Å²) < 4.78 is 5.44. The molecule has 1 unspecified atom stereocenters. The van der Waals surface area contributed by atoms with E-state index in [1.165, 1.54) is 30.6 Å². The monoisotopic (exact) mass is 318 g/mol. The molecule has 1 saturated heterocycles. The molecular formula is C17H22N2O2S. The number of nitrogens with one attached hydrogen (secondary N) is 1. The Bertz CT molecular complexity index is 692. The molecule has 1 aliphatic heterocycles. The average Bonchev–Trinajstić information content (AvgIpc) is 2.90. The topological polar surface area (TPSA) is 45.3 Å². The molecule has 3 rings (SSSR count). The molecule has 4 nitrogen and oxygen atoms in total. The molecule has 1 aromatic carbocycles. The molecule has 22 heavy (non-hydrogen) atoms. The van der Waals surface area contributed by atoms with E-state index in [2.05, 4.69) is 16.8 Å². The lowest BCUT2D eigenvalue weighted by molar-refractivity contribution is 0.154. The van der Waals surface area contributed by atoms with E-state index in [0.29, 0.717) is 6.04 Å². The molecule has 2 aromatic rings. The van der Waals surface area contributed by atoms with Gasteiger partial charge in [0.1, 0.15) is 5.75 Å². The Morgan fingerprint density at radius 3 is 2.95 bits per heavy atom. The minimum Gasteiger partial charge on any atom is -0.496 e. The maximum atomic E-state index is 11.9. The van der Waals surface area contributed by atoms with E-state index in [1.54, 1.807) is 7.11 Å². The average molecular weight is 318 g/mol. The third-order valence-electron chi connectivity index (χ3n) is 4.39. The maximum absolute atomic E-state index is 11.9. The molecule has 1 aliphatic rings. The number of benzene rings is 1. The number of rotatable bonds is 4. The van der Waals surface area contributed by atoms with Crippen molar-refractivity contribution < 1.29 is 4.74 Å². The smallest absolute Gasteiger partial charge is 0.305 e. The van der Waals surface area contributed by atoms with Crippen LogP contribution < -0.4 is 9.61 Å². The Labute approximate surface area is 134 Å². The molecule has 0 aliphatic carbocycles. The van der Waals surface area contributed by atoms with Crippen LogP contribution in [0.4, 0.5) is 0 Å². The van der Waals surface area contributed by atoms with Gasteiger partial charge < -0.3 is 9.72 Å². The van der Waals surface area contributed by atoms with Crippen LogP contribution in [0.2, 0.25) is 0 Å². The molecule has 0 radical (unpaired) electrons. The molecule has 0 spiro atoms. The van der Waals surface area contributed by atoms with E-state index in [0.717, 1.165) is 35.0 Å². The van der Waals surface area contributed by atoms with Crippen LogP contribution in [0, 0.1) is 0 Å². The molecule has 2 heterocycles. The Morgan fingerprint density at radius 1 is 1.36 bits per heavy atom. The van der Waals surface area contributed by atoms with Crippen molar-refractivity contribution in [2.24, 2.45) is 0 Å². The van der Waals surface area contributed by atoms with Gasteiger partial charge in [0.25, 0.3) is 0 Å². The second kappa shape index (κ2) is 6.67. The first-order valence-corrected chi connectivity index (χ1v) is 8.60. The third-order valence-corrected chi connectivity index (χ3v) is 5.25. The first-order chi connectivity index (χ1) is 10.7. The van der Waals surface area contributed by atoms with Crippen molar-refractivity contribution in [2.75, 3.05) is 13.7 Å². The van der Waals surface area contributed by atoms with Gasteiger partial charge in [-0.2, -0.15) is 0 Å². The summed E-state index contributed by atoms with van der Waals surface area (Å²) in [5.74, 6) is 0.796. The van der Waals surface area contributed by atoms with Crippen LogP contribution in [0.25, 0.3) is 11.3 Å². The highest BCUT2D eigenvalue weighted by Gasteiger charge is 2.22. The zero-order chi connectivity index (χ0) is 15.5. The van der Waals surface area contributed by atoms with E-state index in [4.69, 9.17) is 4.74 Å². The van der Waals surface area contributed by atoms with Gasteiger partial charge in [-0.05, 0) is 38.4 Å². The van der Waals surface area contributed by atoms with E-state index in [1.807, 2.05) is 24.3 Å². The molecule has 118 valence electrons. The van der Waals surface area contributed by atoms with Gasteiger partial charge in [0.2, 0.25) is 0 Å². The van der Waals surface area contributed by atoms with Crippen LogP contribution in [0.5, 0.6) is 5.75 Å². The van der Waals surface area contributed by atoms with E-state index in [-0.39, 0.29) is 4.87 Å². The van der Waals surface area contributed by atoms with E-state index in [9.17, 15) is 4.79 Å². The molecule has 0 amide bonds. The number of H-pyrrole nitrogens is 1. The minimum absolute atomic E-state index is 0.000527. The van der Waals surface area contributed by atoms with Crippen LogP contribution in [0.3, 0.4) is 0 Å². The number of hydrogen-bond donors (Lipinski definition) is 1. The summed E-state index contributed by atoms with van der Waals surface area (Å²) in [6.07, 6.45) is 3.79. The summed E-state index contributed by atoms with van der Waals surface area (Å²) in [5.41, 5.74) is 1.87. The molecule has 1 atom stereocenters. The summed E-state index contributed by atoms with van der Waals surface area (Å²) in [7, 11) is 1.66. The van der Waals surface area contributed by atoms with Crippen LogP contribution >= 0.6 is 11.3 Å². The fourth-order valence-electron chi connectivity index (χ4n) is 3.12. The number of nitrogens with zero attached hydrogens (tertiary/aromatic N) is 1. The van der Waals surface area contributed by atoms with Gasteiger partial charge in [0.05, 0.1) is 12.8 Å². The lowest BCUT2D eigenvalue weighted by Gasteiger charge is -2.33. The van der Waals surface area contributed by atoms with E-state index < -0.39 is 0 Å². The van der Waals surface area contributed by atoms with Crippen molar-refractivity contribution in [3.63, 3.8) is 0 Å². The lowest BCUT2D eigenvalue weighted by Crippen LogP contribution is -2.36. The van der Waals surface area contributed by atoms with Crippen molar-refractivity contribution in [3.05, 3.63) is 38.8 Å². The van der Waals surface area contributed by atoms with Crippen molar-refractivity contribution in [1.82, 2.24) is 9.88 Å².